The van der Waals surface area contributed by atoms with Crippen molar-refractivity contribution in [2.75, 3.05) is 6.54 Å². The van der Waals surface area contributed by atoms with Crippen LogP contribution in [-0.4, -0.2) is 6.54 Å². The van der Waals surface area contributed by atoms with Gasteiger partial charge in [-0.3, -0.25) is 0 Å². The first-order valence-corrected chi connectivity index (χ1v) is 8.29. The van der Waals surface area contributed by atoms with Crippen LogP contribution in [0.1, 0.15) is 68.2 Å². The van der Waals surface area contributed by atoms with Gasteiger partial charge in [0.05, 0.1) is 13.2 Å². The van der Waals surface area contributed by atoms with Crippen LogP contribution < -0.4 is 5.32 Å². The standard InChI is InChI=1S/C18H27NO/c1-2-19-18(10-7-14-5-3-4-6-14)15-8-9-16-12-20-13-17(16)11-15/h8-9,11,14,18-19H,2-7,10,12-13H2,1H3. The second-order valence-electron chi connectivity index (χ2n) is 6.36. The Bertz CT molecular complexity index is 437. The second-order valence-corrected chi connectivity index (χ2v) is 6.36. The molecule has 1 N–H and O–H groups in total. The molecule has 0 spiro atoms. The van der Waals surface area contributed by atoms with E-state index >= 15 is 0 Å². The Balaban J connectivity index is 1.65. The summed E-state index contributed by atoms with van der Waals surface area (Å²) in [5.41, 5.74) is 4.22. The fourth-order valence-electron chi connectivity index (χ4n) is 3.74. The zero-order chi connectivity index (χ0) is 13.8. The summed E-state index contributed by atoms with van der Waals surface area (Å²) in [4.78, 5) is 0. The number of hydrogen-bond donors (Lipinski definition) is 1. The summed E-state index contributed by atoms with van der Waals surface area (Å²) in [5.74, 6) is 0.980. The molecule has 1 fully saturated rings. The van der Waals surface area contributed by atoms with E-state index in [1.54, 1.807) is 0 Å². The average molecular weight is 273 g/mol. The number of fused-ring (bicyclic) bond motifs is 1. The Morgan fingerprint density at radius 3 is 2.80 bits per heavy atom. The first kappa shape index (κ1) is 14.1. The SMILES string of the molecule is CCNC(CCC1CCCC1)c1ccc2c(c1)COC2. The lowest BCUT2D eigenvalue weighted by Gasteiger charge is -2.21. The lowest BCUT2D eigenvalue weighted by Crippen LogP contribution is -2.21. The number of nitrogens with one attached hydrogen (secondary N) is 1. The van der Waals surface area contributed by atoms with E-state index in [-0.39, 0.29) is 0 Å². The molecule has 1 aromatic rings. The topological polar surface area (TPSA) is 21.3 Å². The number of ether oxygens (including phenoxy) is 1. The number of benzene rings is 1. The van der Waals surface area contributed by atoms with Gasteiger partial charge in [-0.2, -0.15) is 0 Å². The Morgan fingerprint density at radius 1 is 1.20 bits per heavy atom. The van der Waals surface area contributed by atoms with Crippen molar-refractivity contribution in [2.24, 2.45) is 5.92 Å². The van der Waals surface area contributed by atoms with Crippen LogP contribution in [0.25, 0.3) is 0 Å². The smallest absolute Gasteiger partial charge is 0.0725 e. The van der Waals surface area contributed by atoms with Gasteiger partial charge in [0, 0.05) is 6.04 Å². The molecule has 2 aliphatic rings. The monoisotopic (exact) mass is 273 g/mol. The summed E-state index contributed by atoms with van der Waals surface area (Å²) in [6.45, 7) is 4.84. The van der Waals surface area contributed by atoms with Gasteiger partial charge in [-0.25, -0.2) is 0 Å². The van der Waals surface area contributed by atoms with Crippen molar-refractivity contribution in [2.45, 2.75) is 64.7 Å². The van der Waals surface area contributed by atoms with E-state index in [0.717, 1.165) is 25.7 Å². The molecule has 2 heteroatoms. The van der Waals surface area contributed by atoms with Crippen molar-refractivity contribution >= 4 is 0 Å². The minimum Gasteiger partial charge on any atom is -0.372 e. The van der Waals surface area contributed by atoms with Crippen molar-refractivity contribution < 1.29 is 4.74 Å². The normalized spacial score (nSPS) is 20.2. The predicted molar refractivity (Wildman–Crippen MR) is 82.5 cm³/mol. The summed E-state index contributed by atoms with van der Waals surface area (Å²) in [7, 11) is 0. The van der Waals surface area contributed by atoms with Crippen LogP contribution in [0.5, 0.6) is 0 Å². The van der Waals surface area contributed by atoms with Crippen LogP contribution in [0.4, 0.5) is 0 Å². The highest BCUT2D eigenvalue weighted by atomic mass is 16.5. The first-order valence-electron chi connectivity index (χ1n) is 8.29. The molecule has 110 valence electrons. The maximum Gasteiger partial charge on any atom is 0.0725 e. The fraction of sp³-hybridized carbons (Fsp3) is 0.667. The van der Waals surface area contributed by atoms with Gasteiger partial charge < -0.3 is 10.1 Å². The summed E-state index contributed by atoms with van der Waals surface area (Å²) >= 11 is 0. The lowest BCUT2D eigenvalue weighted by molar-refractivity contribution is 0.134. The number of rotatable bonds is 6. The minimum atomic E-state index is 0.520. The van der Waals surface area contributed by atoms with Crippen LogP contribution in [0.3, 0.4) is 0 Å². The molecule has 3 rings (SSSR count). The van der Waals surface area contributed by atoms with E-state index < -0.39 is 0 Å². The third-order valence-electron chi connectivity index (χ3n) is 4.94. The minimum absolute atomic E-state index is 0.520. The van der Waals surface area contributed by atoms with E-state index in [1.807, 2.05) is 0 Å². The Kier molecular flexibility index (Phi) is 4.74. The zero-order valence-corrected chi connectivity index (χ0v) is 12.7. The molecular weight excluding hydrogens is 246 g/mol. The molecule has 0 saturated heterocycles. The third-order valence-corrected chi connectivity index (χ3v) is 4.94. The maximum absolute atomic E-state index is 5.53. The highest BCUT2D eigenvalue weighted by molar-refractivity contribution is 5.34. The van der Waals surface area contributed by atoms with Crippen molar-refractivity contribution in [3.63, 3.8) is 0 Å². The molecule has 2 nitrogen and oxygen atoms in total. The maximum atomic E-state index is 5.53. The zero-order valence-electron chi connectivity index (χ0n) is 12.7. The van der Waals surface area contributed by atoms with Crippen molar-refractivity contribution in [3.05, 3.63) is 34.9 Å². The molecule has 1 aromatic carbocycles. The van der Waals surface area contributed by atoms with Crippen LogP contribution in [0, 0.1) is 5.92 Å². The molecule has 1 saturated carbocycles. The molecule has 1 unspecified atom stereocenters. The molecule has 0 radical (unpaired) electrons. The highest BCUT2D eigenvalue weighted by Gasteiger charge is 2.19. The Hall–Kier alpha value is -0.860. The molecule has 1 aliphatic carbocycles. The Labute approximate surface area is 122 Å². The van der Waals surface area contributed by atoms with Crippen molar-refractivity contribution in [3.8, 4) is 0 Å². The molecule has 1 atom stereocenters. The van der Waals surface area contributed by atoms with Gasteiger partial charge in [0.15, 0.2) is 0 Å². The van der Waals surface area contributed by atoms with E-state index in [9.17, 15) is 0 Å². The molecule has 1 aliphatic heterocycles. The fourth-order valence-corrected chi connectivity index (χ4v) is 3.74. The van der Waals surface area contributed by atoms with Gasteiger partial charge in [0.1, 0.15) is 0 Å². The van der Waals surface area contributed by atoms with Gasteiger partial charge in [-0.15, -0.1) is 0 Å². The predicted octanol–water partition coefficient (Wildman–Crippen LogP) is 4.34. The molecule has 0 aromatic heterocycles. The molecule has 0 amide bonds. The van der Waals surface area contributed by atoms with E-state index in [2.05, 4.69) is 30.4 Å². The summed E-state index contributed by atoms with van der Waals surface area (Å²) < 4.78 is 5.53. The second kappa shape index (κ2) is 6.73. The summed E-state index contributed by atoms with van der Waals surface area (Å²) in [5, 5.41) is 3.67. The van der Waals surface area contributed by atoms with Gasteiger partial charge in [0.2, 0.25) is 0 Å². The Morgan fingerprint density at radius 2 is 2.00 bits per heavy atom. The van der Waals surface area contributed by atoms with Gasteiger partial charge in [0.25, 0.3) is 0 Å². The van der Waals surface area contributed by atoms with Crippen LogP contribution >= 0.6 is 0 Å². The van der Waals surface area contributed by atoms with Crippen LogP contribution in [0.2, 0.25) is 0 Å². The quantitative estimate of drug-likeness (QED) is 0.832. The summed E-state index contributed by atoms with van der Waals surface area (Å²) in [6.07, 6.45) is 8.47. The average Bonchev–Trinajstić information content (AvgIpc) is 3.13. The van der Waals surface area contributed by atoms with E-state index in [1.165, 1.54) is 55.2 Å². The third kappa shape index (κ3) is 3.24. The van der Waals surface area contributed by atoms with Crippen molar-refractivity contribution in [1.29, 1.82) is 0 Å². The van der Waals surface area contributed by atoms with E-state index in [0.29, 0.717) is 6.04 Å². The number of hydrogen-bond acceptors (Lipinski definition) is 2. The van der Waals surface area contributed by atoms with E-state index in [4.69, 9.17) is 4.74 Å². The van der Waals surface area contributed by atoms with Gasteiger partial charge in [-0.05, 0) is 42.0 Å². The largest absolute Gasteiger partial charge is 0.372 e. The van der Waals surface area contributed by atoms with Crippen LogP contribution in [0.15, 0.2) is 18.2 Å². The lowest BCUT2D eigenvalue weighted by atomic mass is 9.93. The van der Waals surface area contributed by atoms with Crippen molar-refractivity contribution in [1.82, 2.24) is 5.32 Å². The molecule has 20 heavy (non-hydrogen) atoms. The van der Waals surface area contributed by atoms with Gasteiger partial charge in [-0.1, -0.05) is 50.8 Å². The first-order chi connectivity index (χ1) is 9.86. The molecular formula is C18H27NO. The van der Waals surface area contributed by atoms with Gasteiger partial charge >= 0.3 is 0 Å². The van der Waals surface area contributed by atoms with Crippen LogP contribution in [-0.2, 0) is 18.0 Å². The highest BCUT2D eigenvalue weighted by Crippen LogP contribution is 2.32. The summed E-state index contributed by atoms with van der Waals surface area (Å²) in [6, 6.07) is 7.45. The molecule has 0 bridgehead atoms. The molecule has 1 heterocycles.